The van der Waals surface area contributed by atoms with Gasteiger partial charge in [0.15, 0.2) is 0 Å². The molecule has 1 aliphatic heterocycles. The van der Waals surface area contributed by atoms with Crippen LogP contribution in [0, 0.1) is 0 Å². The summed E-state index contributed by atoms with van der Waals surface area (Å²) in [7, 11) is 0. The molecule has 0 aliphatic carbocycles. The zero-order chi connectivity index (χ0) is 17.1. The molecule has 2 nitrogen and oxygen atoms in total. The fourth-order valence-corrected chi connectivity index (χ4v) is 5.64. The molecule has 0 saturated carbocycles. The van der Waals surface area contributed by atoms with Crippen LogP contribution in [0.1, 0.15) is 5.56 Å². The van der Waals surface area contributed by atoms with Crippen LogP contribution in [0.4, 0.5) is 5.69 Å². The maximum Gasteiger partial charge on any atom is 0.113 e. The van der Waals surface area contributed by atoms with Crippen LogP contribution < -0.4 is 0 Å². The monoisotopic (exact) mass is 426 g/mol. The van der Waals surface area contributed by atoms with Gasteiger partial charge in [-0.05, 0) is 17.5 Å². The molecule has 1 fully saturated rings. The van der Waals surface area contributed by atoms with E-state index in [1.807, 2.05) is 66.0 Å². The van der Waals surface area contributed by atoms with Crippen LogP contribution in [-0.2, 0) is 0 Å². The third-order valence-electron chi connectivity index (χ3n) is 3.90. The van der Waals surface area contributed by atoms with Gasteiger partial charge in [0.2, 0.25) is 0 Å². The van der Waals surface area contributed by atoms with Crippen LogP contribution in [0.15, 0.2) is 85.7 Å². The standard InChI is InChI=1S/C20H15BrN2S2/c21-17-10-11-18(16-9-5-4-8-15(16)17)22-23-19(20-24-12-13-25-20)14-6-2-1-3-7-14/h1-11H,12-13H2. The number of hydrogen-bond acceptors (Lipinski definition) is 4. The van der Waals surface area contributed by atoms with Gasteiger partial charge in [0, 0.05) is 26.9 Å². The Morgan fingerprint density at radius 2 is 1.48 bits per heavy atom. The third kappa shape index (κ3) is 3.68. The Labute approximate surface area is 163 Å². The highest BCUT2D eigenvalue weighted by Crippen LogP contribution is 2.43. The molecule has 0 bridgehead atoms. The molecule has 124 valence electrons. The Bertz CT molecular complexity index is 960. The third-order valence-corrected chi connectivity index (χ3v) is 7.28. The lowest BCUT2D eigenvalue weighted by atomic mass is 10.1. The summed E-state index contributed by atoms with van der Waals surface area (Å²) in [4.78, 5) is 0. The summed E-state index contributed by atoms with van der Waals surface area (Å²) in [5.41, 5.74) is 2.98. The fourth-order valence-electron chi connectivity index (χ4n) is 2.70. The predicted octanol–water partition coefficient (Wildman–Crippen LogP) is 7.49. The summed E-state index contributed by atoms with van der Waals surface area (Å²) in [6, 6.07) is 22.6. The lowest BCUT2D eigenvalue weighted by Gasteiger charge is -2.06. The molecule has 1 heterocycles. The second kappa shape index (κ2) is 7.77. The van der Waals surface area contributed by atoms with E-state index in [4.69, 9.17) is 0 Å². The lowest BCUT2D eigenvalue weighted by molar-refractivity contribution is 1.25. The molecule has 5 heteroatoms. The Hall–Kier alpha value is -1.56. The highest BCUT2D eigenvalue weighted by atomic mass is 79.9. The number of nitrogens with zero attached hydrogens (tertiary/aromatic N) is 2. The van der Waals surface area contributed by atoms with E-state index in [-0.39, 0.29) is 0 Å². The van der Waals surface area contributed by atoms with Crippen molar-refractivity contribution in [2.75, 3.05) is 11.5 Å². The van der Waals surface area contributed by atoms with E-state index in [9.17, 15) is 0 Å². The molecule has 0 N–H and O–H groups in total. The molecule has 4 rings (SSSR count). The van der Waals surface area contributed by atoms with Crippen molar-refractivity contribution in [2.45, 2.75) is 0 Å². The summed E-state index contributed by atoms with van der Waals surface area (Å²) < 4.78 is 2.34. The van der Waals surface area contributed by atoms with Gasteiger partial charge in [-0.25, -0.2) is 0 Å². The van der Waals surface area contributed by atoms with E-state index in [0.717, 1.165) is 43.7 Å². The zero-order valence-corrected chi connectivity index (χ0v) is 16.6. The van der Waals surface area contributed by atoms with E-state index in [1.54, 1.807) is 0 Å². The minimum atomic E-state index is 0.890. The van der Waals surface area contributed by atoms with Gasteiger partial charge in [-0.2, -0.15) is 0 Å². The highest BCUT2D eigenvalue weighted by Gasteiger charge is 2.16. The first-order chi connectivity index (χ1) is 12.3. The first-order valence-corrected chi connectivity index (χ1v) is 10.7. The van der Waals surface area contributed by atoms with Crippen molar-refractivity contribution in [1.29, 1.82) is 0 Å². The molecule has 25 heavy (non-hydrogen) atoms. The van der Waals surface area contributed by atoms with Crippen LogP contribution in [0.3, 0.4) is 0 Å². The maximum atomic E-state index is 4.67. The number of rotatable bonds is 3. The first-order valence-electron chi connectivity index (χ1n) is 7.97. The number of benzene rings is 3. The van der Waals surface area contributed by atoms with Gasteiger partial charge in [0.1, 0.15) is 5.70 Å². The van der Waals surface area contributed by atoms with Gasteiger partial charge < -0.3 is 0 Å². The molecule has 1 saturated heterocycles. The SMILES string of the molecule is Brc1ccc(N=NC(=C2SCCS2)c2ccccc2)c2ccccc12. The van der Waals surface area contributed by atoms with Crippen LogP contribution >= 0.6 is 39.5 Å². The maximum absolute atomic E-state index is 4.67. The summed E-state index contributed by atoms with van der Waals surface area (Å²) in [6.45, 7) is 0. The van der Waals surface area contributed by atoms with Crippen LogP contribution in [0.25, 0.3) is 16.5 Å². The van der Waals surface area contributed by atoms with E-state index in [2.05, 4.69) is 50.4 Å². The van der Waals surface area contributed by atoms with Crippen LogP contribution in [0.2, 0.25) is 0 Å². The second-order valence-electron chi connectivity index (χ2n) is 5.51. The summed E-state index contributed by atoms with van der Waals surface area (Å²) >= 11 is 7.35. The van der Waals surface area contributed by atoms with Gasteiger partial charge in [-0.1, -0.05) is 70.5 Å². The average molecular weight is 427 g/mol. The first kappa shape index (κ1) is 16.9. The molecule has 0 radical (unpaired) electrons. The molecule has 1 aliphatic rings. The number of thioether (sulfide) groups is 2. The molecular weight excluding hydrogens is 412 g/mol. The molecule has 3 aromatic carbocycles. The number of hydrogen-bond donors (Lipinski definition) is 0. The largest absolute Gasteiger partial charge is 0.150 e. The zero-order valence-electron chi connectivity index (χ0n) is 13.4. The topological polar surface area (TPSA) is 24.7 Å². The average Bonchev–Trinajstić information content (AvgIpc) is 3.19. The summed E-state index contributed by atoms with van der Waals surface area (Å²) in [5.74, 6) is 2.26. The van der Waals surface area contributed by atoms with Crippen molar-refractivity contribution in [2.24, 2.45) is 10.2 Å². The highest BCUT2D eigenvalue weighted by molar-refractivity contribution is 9.10. The van der Waals surface area contributed by atoms with E-state index < -0.39 is 0 Å². The van der Waals surface area contributed by atoms with Crippen molar-refractivity contribution >= 4 is 61.6 Å². The molecular formula is C20H15BrN2S2. The summed E-state index contributed by atoms with van der Waals surface area (Å²) in [5, 5.41) is 11.5. The molecule has 0 amide bonds. The van der Waals surface area contributed by atoms with Gasteiger partial charge >= 0.3 is 0 Å². The van der Waals surface area contributed by atoms with Crippen molar-refractivity contribution in [3.8, 4) is 0 Å². The minimum Gasteiger partial charge on any atom is -0.150 e. The van der Waals surface area contributed by atoms with Gasteiger partial charge in [0.25, 0.3) is 0 Å². The number of halogens is 1. The molecule has 0 atom stereocenters. The molecule has 0 aromatic heterocycles. The predicted molar refractivity (Wildman–Crippen MR) is 114 cm³/mol. The van der Waals surface area contributed by atoms with Gasteiger partial charge in [-0.15, -0.1) is 33.8 Å². The summed E-state index contributed by atoms with van der Waals surface area (Å²) in [6.07, 6.45) is 0. The molecule has 3 aromatic rings. The smallest absolute Gasteiger partial charge is 0.113 e. The van der Waals surface area contributed by atoms with Crippen molar-refractivity contribution in [3.63, 3.8) is 0 Å². The van der Waals surface area contributed by atoms with Gasteiger partial charge in [-0.3, -0.25) is 0 Å². The van der Waals surface area contributed by atoms with E-state index in [0.29, 0.717) is 0 Å². The Morgan fingerprint density at radius 1 is 0.800 bits per heavy atom. The van der Waals surface area contributed by atoms with Crippen molar-refractivity contribution < 1.29 is 0 Å². The van der Waals surface area contributed by atoms with Crippen LogP contribution in [-0.4, -0.2) is 11.5 Å². The Morgan fingerprint density at radius 3 is 2.24 bits per heavy atom. The van der Waals surface area contributed by atoms with Crippen LogP contribution in [0.5, 0.6) is 0 Å². The van der Waals surface area contributed by atoms with E-state index >= 15 is 0 Å². The number of fused-ring (bicyclic) bond motifs is 1. The number of azo groups is 1. The van der Waals surface area contributed by atoms with Gasteiger partial charge in [0.05, 0.1) is 9.92 Å². The minimum absolute atomic E-state index is 0.890. The van der Waals surface area contributed by atoms with Crippen molar-refractivity contribution in [3.05, 3.63) is 81.0 Å². The normalized spacial score (nSPS) is 14.5. The second-order valence-corrected chi connectivity index (χ2v) is 8.83. The lowest BCUT2D eigenvalue weighted by Crippen LogP contribution is -1.82. The molecule has 0 spiro atoms. The quantitative estimate of drug-likeness (QED) is 0.405. The van der Waals surface area contributed by atoms with E-state index in [1.165, 1.54) is 4.24 Å². The fraction of sp³-hybridized carbons (Fsp3) is 0.100. The molecule has 0 unspecified atom stereocenters. The van der Waals surface area contributed by atoms with Crippen molar-refractivity contribution in [1.82, 2.24) is 0 Å². The Kier molecular flexibility index (Phi) is 5.25. The Balaban J connectivity index is 1.79.